The van der Waals surface area contributed by atoms with Crippen molar-refractivity contribution in [2.24, 2.45) is 0 Å². The molecule has 1 rings (SSSR count). The lowest BCUT2D eigenvalue weighted by atomic mass is 10.0. The molecule has 0 saturated heterocycles. The van der Waals surface area contributed by atoms with E-state index in [0.29, 0.717) is 0 Å². The molecular weight excluding hydrogens is 178 g/mol. The van der Waals surface area contributed by atoms with Crippen molar-refractivity contribution in [1.29, 1.82) is 0 Å². The van der Waals surface area contributed by atoms with Gasteiger partial charge in [0.2, 0.25) is 0 Å². The first-order chi connectivity index (χ1) is 6.07. The molecule has 0 saturated carbocycles. The number of halogens is 2. The normalized spacial score (nSPS) is 10.1. The van der Waals surface area contributed by atoms with Gasteiger partial charge in [-0.1, -0.05) is 6.92 Å². The summed E-state index contributed by atoms with van der Waals surface area (Å²) < 4.78 is 25.6. The van der Waals surface area contributed by atoms with E-state index in [1.807, 2.05) is 0 Å². The zero-order chi connectivity index (χ0) is 10.0. The fourth-order valence-corrected chi connectivity index (χ4v) is 1.13. The van der Waals surface area contributed by atoms with Crippen LogP contribution in [0.1, 0.15) is 22.8 Å². The molecule has 0 spiro atoms. The van der Waals surface area contributed by atoms with E-state index in [2.05, 4.69) is 0 Å². The van der Waals surface area contributed by atoms with Crippen molar-refractivity contribution in [2.75, 3.05) is 0 Å². The molecule has 4 heteroatoms. The summed E-state index contributed by atoms with van der Waals surface area (Å²) in [5.74, 6) is -3.64. The molecule has 0 radical (unpaired) electrons. The molecule has 0 N–H and O–H groups in total. The molecule has 0 fully saturated rings. The van der Waals surface area contributed by atoms with Gasteiger partial charge in [-0.25, -0.2) is 8.78 Å². The van der Waals surface area contributed by atoms with Gasteiger partial charge < -0.3 is 9.90 Å². The van der Waals surface area contributed by atoms with Gasteiger partial charge in [0.15, 0.2) is 11.6 Å². The van der Waals surface area contributed by atoms with Crippen molar-refractivity contribution in [1.82, 2.24) is 0 Å². The summed E-state index contributed by atoms with van der Waals surface area (Å²) in [5, 5.41) is 10.4. The highest BCUT2D eigenvalue weighted by molar-refractivity contribution is 5.87. The van der Waals surface area contributed by atoms with Gasteiger partial charge in [-0.2, -0.15) is 0 Å². The minimum atomic E-state index is -1.49. The molecule has 0 aliphatic carbocycles. The third-order valence-electron chi connectivity index (χ3n) is 1.77. The number of hydrogen-bond donors (Lipinski definition) is 0. The number of benzene rings is 1. The van der Waals surface area contributed by atoms with E-state index in [0.717, 1.165) is 12.1 Å². The molecule has 0 aliphatic heterocycles. The Morgan fingerprint density at radius 2 is 2.08 bits per heavy atom. The molecule has 0 aliphatic rings. The predicted octanol–water partition coefficient (Wildman–Crippen LogP) is 0.891. The summed E-state index contributed by atoms with van der Waals surface area (Å²) in [6.45, 7) is 1.55. The molecule has 0 amide bonds. The second-order valence-electron chi connectivity index (χ2n) is 2.53. The third-order valence-corrected chi connectivity index (χ3v) is 1.77. The van der Waals surface area contributed by atoms with E-state index >= 15 is 0 Å². The molecular formula is C9H7F2O2-. The fraction of sp³-hybridized carbons (Fsp3) is 0.222. The summed E-state index contributed by atoms with van der Waals surface area (Å²) in [6.07, 6.45) is 0.118. The van der Waals surface area contributed by atoms with E-state index in [9.17, 15) is 18.7 Å². The minimum absolute atomic E-state index is 0.118. The van der Waals surface area contributed by atoms with Crippen LogP contribution in [-0.4, -0.2) is 5.97 Å². The highest BCUT2D eigenvalue weighted by Gasteiger charge is 2.11. The molecule has 2 nitrogen and oxygen atoms in total. The Hall–Kier alpha value is -1.45. The number of aromatic carboxylic acids is 1. The molecule has 0 heterocycles. The lowest BCUT2D eigenvalue weighted by Crippen LogP contribution is -2.24. The second kappa shape index (κ2) is 3.51. The lowest BCUT2D eigenvalue weighted by Gasteiger charge is -2.09. The average molecular weight is 185 g/mol. The fourth-order valence-electron chi connectivity index (χ4n) is 1.13. The zero-order valence-corrected chi connectivity index (χ0v) is 6.93. The van der Waals surface area contributed by atoms with Crippen LogP contribution in [0.25, 0.3) is 0 Å². The third kappa shape index (κ3) is 1.66. The maximum Gasteiger partial charge on any atom is 0.162 e. The highest BCUT2D eigenvalue weighted by atomic mass is 19.2. The first kappa shape index (κ1) is 9.64. The number of carbonyl (C=O) groups excluding carboxylic acids is 1. The number of rotatable bonds is 2. The van der Waals surface area contributed by atoms with Gasteiger partial charge >= 0.3 is 0 Å². The molecule has 1 aromatic carbocycles. The van der Waals surface area contributed by atoms with Gasteiger partial charge in [-0.15, -0.1) is 0 Å². The van der Waals surface area contributed by atoms with Gasteiger partial charge in [0, 0.05) is 5.56 Å². The molecule has 0 atom stereocenters. The van der Waals surface area contributed by atoms with Crippen LogP contribution in [0.2, 0.25) is 0 Å². The Balaban J connectivity index is 3.38. The van der Waals surface area contributed by atoms with Gasteiger partial charge in [-0.05, 0) is 24.1 Å². The van der Waals surface area contributed by atoms with Gasteiger partial charge in [0.05, 0.1) is 5.97 Å². The van der Waals surface area contributed by atoms with Gasteiger partial charge in [0.1, 0.15) is 0 Å². The van der Waals surface area contributed by atoms with Crippen LogP contribution < -0.4 is 5.11 Å². The van der Waals surface area contributed by atoms with Crippen molar-refractivity contribution in [2.45, 2.75) is 13.3 Å². The number of hydrogen-bond acceptors (Lipinski definition) is 2. The number of carboxylic acid groups (broad SMARTS) is 1. The highest BCUT2D eigenvalue weighted by Crippen LogP contribution is 2.16. The van der Waals surface area contributed by atoms with E-state index < -0.39 is 17.6 Å². The predicted molar refractivity (Wildman–Crippen MR) is 40.1 cm³/mol. The standard InChI is InChI=1S/C9H8F2O2/c1-2-5-6(9(12)13)3-4-7(10)8(5)11/h3-4H,2H2,1H3,(H,12,13)/p-1. The summed E-state index contributed by atoms with van der Waals surface area (Å²) >= 11 is 0. The molecule has 13 heavy (non-hydrogen) atoms. The van der Waals surface area contributed by atoms with Gasteiger partial charge in [-0.3, -0.25) is 0 Å². The largest absolute Gasteiger partial charge is 0.545 e. The number of carboxylic acids is 1. The summed E-state index contributed by atoms with van der Waals surface area (Å²) in [4.78, 5) is 10.4. The topological polar surface area (TPSA) is 40.1 Å². The van der Waals surface area contributed by atoms with Crippen LogP contribution in [0.15, 0.2) is 12.1 Å². The Kier molecular flexibility index (Phi) is 2.60. The maximum atomic E-state index is 13.0. The average Bonchev–Trinajstić information content (AvgIpc) is 2.09. The van der Waals surface area contributed by atoms with E-state index in [-0.39, 0.29) is 17.5 Å². The summed E-state index contributed by atoms with van der Waals surface area (Å²) in [7, 11) is 0. The molecule has 0 unspecified atom stereocenters. The Morgan fingerprint density at radius 3 is 2.54 bits per heavy atom. The van der Waals surface area contributed by atoms with Crippen LogP contribution in [0, 0.1) is 11.6 Å². The monoisotopic (exact) mass is 185 g/mol. The maximum absolute atomic E-state index is 13.0. The van der Waals surface area contributed by atoms with Crippen LogP contribution >= 0.6 is 0 Å². The Morgan fingerprint density at radius 1 is 1.46 bits per heavy atom. The van der Waals surface area contributed by atoms with Crippen LogP contribution in [0.5, 0.6) is 0 Å². The smallest absolute Gasteiger partial charge is 0.162 e. The van der Waals surface area contributed by atoms with E-state index in [1.54, 1.807) is 6.92 Å². The molecule has 0 aromatic heterocycles. The first-order valence-corrected chi connectivity index (χ1v) is 3.76. The second-order valence-corrected chi connectivity index (χ2v) is 2.53. The van der Waals surface area contributed by atoms with Crippen molar-refractivity contribution >= 4 is 5.97 Å². The SMILES string of the molecule is CCc1c(C(=O)[O-])ccc(F)c1F. The molecule has 70 valence electrons. The van der Waals surface area contributed by atoms with Crippen LogP contribution in [0.4, 0.5) is 8.78 Å². The molecule has 1 aromatic rings. The van der Waals surface area contributed by atoms with E-state index in [4.69, 9.17) is 0 Å². The van der Waals surface area contributed by atoms with Crippen LogP contribution in [0.3, 0.4) is 0 Å². The summed E-state index contributed by atoms with van der Waals surface area (Å²) in [5.41, 5.74) is -0.443. The van der Waals surface area contributed by atoms with Gasteiger partial charge in [0.25, 0.3) is 0 Å². The number of carbonyl (C=O) groups is 1. The first-order valence-electron chi connectivity index (χ1n) is 3.76. The van der Waals surface area contributed by atoms with E-state index in [1.165, 1.54) is 0 Å². The molecule has 0 bridgehead atoms. The van der Waals surface area contributed by atoms with Crippen molar-refractivity contribution in [3.8, 4) is 0 Å². The lowest BCUT2D eigenvalue weighted by molar-refractivity contribution is -0.255. The quantitative estimate of drug-likeness (QED) is 0.686. The Labute approximate surface area is 73.8 Å². The summed E-state index contributed by atoms with van der Waals surface area (Å²) in [6, 6.07) is 1.78. The zero-order valence-electron chi connectivity index (χ0n) is 6.93. The van der Waals surface area contributed by atoms with Crippen molar-refractivity contribution < 1.29 is 18.7 Å². The van der Waals surface area contributed by atoms with Crippen LogP contribution in [-0.2, 0) is 6.42 Å². The minimum Gasteiger partial charge on any atom is -0.545 e. The van der Waals surface area contributed by atoms with Crippen molar-refractivity contribution in [3.63, 3.8) is 0 Å². The Bertz CT molecular complexity index is 348. The van der Waals surface area contributed by atoms with Crippen molar-refractivity contribution in [3.05, 3.63) is 34.9 Å².